The Morgan fingerprint density at radius 3 is 2.50 bits per heavy atom. The van der Waals surface area contributed by atoms with Gasteiger partial charge in [-0.25, -0.2) is 0 Å². The van der Waals surface area contributed by atoms with Crippen LogP contribution >= 0.6 is 11.8 Å². The highest BCUT2D eigenvalue weighted by Gasteiger charge is 2.15. The van der Waals surface area contributed by atoms with E-state index in [1.54, 1.807) is 11.8 Å². The molecule has 0 bridgehead atoms. The van der Waals surface area contributed by atoms with Crippen LogP contribution < -0.4 is 5.73 Å². The van der Waals surface area contributed by atoms with E-state index in [0.29, 0.717) is 6.42 Å². The molecule has 0 saturated carbocycles. The van der Waals surface area contributed by atoms with Crippen LogP contribution in [0.4, 0.5) is 0 Å². The van der Waals surface area contributed by atoms with Gasteiger partial charge in [-0.1, -0.05) is 6.07 Å². The number of nitrogens with two attached hydrogens (primary N) is 1. The van der Waals surface area contributed by atoms with Crippen molar-refractivity contribution in [3.63, 3.8) is 0 Å². The molecule has 16 heavy (non-hydrogen) atoms. The van der Waals surface area contributed by atoms with Gasteiger partial charge in [0.1, 0.15) is 6.04 Å². The lowest BCUT2D eigenvalue weighted by Gasteiger charge is -2.13. The van der Waals surface area contributed by atoms with Crippen molar-refractivity contribution in [2.75, 3.05) is 6.26 Å². The Bertz CT molecular complexity index is 404. The third-order valence-electron chi connectivity index (χ3n) is 2.65. The zero-order valence-electron chi connectivity index (χ0n) is 9.78. The van der Waals surface area contributed by atoms with E-state index in [-0.39, 0.29) is 0 Å². The van der Waals surface area contributed by atoms with Crippen LogP contribution in [0.2, 0.25) is 0 Å². The van der Waals surface area contributed by atoms with Crippen LogP contribution in [0.5, 0.6) is 0 Å². The number of benzene rings is 1. The maximum absolute atomic E-state index is 10.7. The molecule has 3 N–H and O–H groups in total. The molecule has 1 rings (SSSR count). The zero-order chi connectivity index (χ0) is 12.3. The van der Waals surface area contributed by atoms with Crippen LogP contribution in [0.15, 0.2) is 17.0 Å². The second-order valence-electron chi connectivity index (χ2n) is 3.90. The van der Waals surface area contributed by atoms with Crippen molar-refractivity contribution in [2.45, 2.75) is 31.2 Å². The normalized spacial score (nSPS) is 12.5. The van der Waals surface area contributed by atoms with Gasteiger partial charge in [0.2, 0.25) is 0 Å². The molecule has 4 heteroatoms. The molecule has 0 aliphatic heterocycles. The summed E-state index contributed by atoms with van der Waals surface area (Å²) in [7, 11) is 0. The highest BCUT2D eigenvalue weighted by atomic mass is 32.2. The van der Waals surface area contributed by atoms with Crippen molar-refractivity contribution in [1.82, 2.24) is 0 Å². The molecule has 1 atom stereocenters. The lowest BCUT2D eigenvalue weighted by atomic mass is 10.0. The van der Waals surface area contributed by atoms with E-state index < -0.39 is 12.0 Å². The minimum Gasteiger partial charge on any atom is -0.480 e. The summed E-state index contributed by atoms with van der Waals surface area (Å²) in [6.45, 7) is 4.07. The third kappa shape index (κ3) is 3.00. The van der Waals surface area contributed by atoms with Crippen molar-refractivity contribution in [1.29, 1.82) is 0 Å². The number of carboxylic acid groups (broad SMARTS) is 1. The molecule has 0 aliphatic rings. The molecule has 88 valence electrons. The summed E-state index contributed by atoms with van der Waals surface area (Å²) in [4.78, 5) is 11.8. The molecule has 1 aromatic rings. The van der Waals surface area contributed by atoms with E-state index in [9.17, 15) is 4.79 Å². The lowest BCUT2D eigenvalue weighted by Crippen LogP contribution is -2.32. The first kappa shape index (κ1) is 13.1. The largest absolute Gasteiger partial charge is 0.480 e. The first-order valence-electron chi connectivity index (χ1n) is 5.08. The molecule has 3 nitrogen and oxygen atoms in total. The fourth-order valence-electron chi connectivity index (χ4n) is 1.52. The van der Waals surface area contributed by atoms with Crippen molar-refractivity contribution < 1.29 is 9.90 Å². The summed E-state index contributed by atoms with van der Waals surface area (Å²) in [5.41, 5.74) is 8.96. The number of aryl methyl sites for hydroxylation is 2. The molecule has 1 aromatic carbocycles. The van der Waals surface area contributed by atoms with Crippen LogP contribution in [0.25, 0.3) is 0 Å². The number of hydrogen-bond acceptors (Lipinski definition) is 3. The maximum Gasteiger partial charge on any atom is 0.320 e. The third-order valence-corrected chi connectivity index (χ3v) is 3.47. The Balaban J connectivity index is 3.03. The van der Waals surface area contributed by atoms with Crippen molar-refractivity contribution in [3.8, 4) is 0 Å². The van der Waals surface area contributed by atoms with E-state index in [1.165, 1.54) is 11.1 Å². The highest BCUT2D eigenvalue weighted by molar-refractivity contribution is 7.98. The highest BCUT2D eigenvalue weighted by Crippen LogP contribution is 2.25. The van der Waals surface area contributed by atoms with E-state index in [0.717, 1.165) is 10.5 Å². The minimum absolute atomic E-state index is 0.382. The van der Waals surface area contributed by atoms with Crippen LogP contribution in [0.3, 0.4) is 0 Å². The molecular weight excluding hydrogens is 222 g/mol. The van der Waals surface area contributed by atoms with Gasteiger partial charge in [0.15, 0.2) is 0 Å². The summed E-state index contributed by atoms with van der Waals surface area (Å²) in [5, 5.41) is 8.80. The molecule has 0 heterocycles. The van der Waals surface area contributed by atoms with Crippen LogP contribution in [0, 0.1) is 13.8 Å². The van der Waals surface area contributed by atoms with Gasteiger partial charge >= 0.3 is 5.97 Å². The topological polar surface area (TPSA) is 63.3 Å². The van der Waals surface area contributed by atoms with Crippen molar-refractivity contribution >= 4 is 17.7 Å². The first-order chi connectivity index (χ1) is 7.45. The van der Waals surface area contributed by atoms with Gasteiger partial charge in [0, 0.05) is 4.90 Å². The minimum atomic E-state index is -0.953. The number of carbonyl (C=O) groups is 1. The SMILES string of the molecule is CSc1cc(C)c(C)cc1CC(N)C(=O)O. The molecule has 0 saturated heterocycles. The Kier molecular flexibility index (Phi) is 4.38. The molecule has 0 spiro atoms. The number of rotatable bonds is 4. The molecule has 0 aromatic heterocycles. The fraction of sp³-hybridized carbons (Fsp3) is 0.417. The zero-order valence-corrected chi connectivity index (χ0v) is 10.6. The molecule has 1 unspecified atom stereocenters. The standard InChI is InChI=1S/C12H17NO2S/c1-7-4-9(6-10(13)12(14)15)11(16-3)5-8(7)2/h4-5,10H,6,13H2,1-3H3,(H,14,15). The Hall–Kier alpha value is -1.00. The smallest absolute Gasteiger partial charge is 0.320 e. The summed E-state index contributed by atoms with van der Waals surface area (Å²) in [6, 6.07) is 3.29. The summed E-state index contributed by atoms with van der Waals surface area (Å²) in [6.07, 6.45) is 2.37. The van der Waals surface area contributed by atoms with Crippen molar-refractivity contribution in [2.24, 2.45) is 5.73 Å². The monoisotopic (exact) mass is 239 g/mol. The predicted octanol–water partition coefficient (Wildman–Crippen LogP) is 1.98. The molecule has 0 fully saturated rings. The van der Waals surface area contributed by atoms with Crippen LogP contribution in [0.1, 0.15) is 16.7 Å². The lowest BCUT2D eigenvalue weighted by molar-refractivity contribution is -0.138. The first-order valence-corrected chi connectivity index (χ1v) is 6.30. The summed E-state index contributed by atoms with van der Waals surface area (Å²) < 4.78 is 0. The van der Waals surface area contributed by atoms with Gasteiger partial charge in [-0.2, -0.15) is 0 Å². The van der Waals surface area contributed by atoms with E-state index >= 15 is 0 Å². The molecular formula is C12H17NO2S. The van der Waals surface area contributed by atoms with Gasteiger partial charge in [0.05, 0.1) is 0 Å². The average molecular weight is 239 g/mol. The number of thioether (sulfide) groups is 1. The number of hydrogen-bond donors (Lipinski definition) is 2. The van der Waals surface area contributed by atoms with E-state index in [4.69, 9.17) is 10.8 Å². The van der Waals surface area contributed by atoms with Gasteiger partial charge in [-0.3, -0.25) is 4.79 Å². The predicted molar refractivity (Wildman–Crippen MR) is 67.0 cm³/mol. The van der Waals surface area contributed by atoms with E-state index in [1.807, 2.05) is 19.2 Å². The molecule has 0 amide bonds. The second kappa shape index (κ2) is 5.37. The number of carboxylic acids is 1. The fourth-order valence-corrected chi connectivity index (χ4v) is 2.22. The Morgan fingerprint density at radius 2 is 2.00 bits per heavy atom. The molecule has 0 radical (unpaired) electrons. The Labute approximate surface area is 100 Å². The van der Waals surface area contributed by atoms with Gasteiger partial charge < -0.3 is 10.8 Å². The van der Waals surface area contributed by atoms with Crippen molar-refractivity contribution in [3.05, 3.63) is 28.8 Å². The molecule has 0 aliphatic carbocycles. The average Bonchev–Trinajstić information content (AvgIpc) is 2.22. The summed E-state index contributed by atoms with van der Waals surface area (Å²) in [5.74, 6) is -0.953. The quantitative estimate of drug-likeness (QED) is 0.789. The van der Waals surface area contributed by atoms with Crippen LogP contribution in [-0.4, -0.2) is 23.4 Å². The van der Waals surface area contributed by atoms with Gasteiger partial charge in [-0.05, 0) is 49.3 Å². The van der Waals surface area contributed by atoms with Crippen LogP contribution in [-0.2, 0) is 11.2 Å². The van der Waals surface area contributed by atoms with E-state index in [2.05, 4.69) is 13.0 Å². The van der Waals surface area contributed by atoms with Gasteiger partial charge in [-0.15, -0.1) is 11.8 Å². The summed E-state index contributed by atoms with van der Waals surface area (Å²) >= 11 is 1.62. The Morgan fingerprint density at radius 1 is 1.44 bits per heavy atom. The maximum atomic E-state index is 10.7. The number of aliphatic carboxylic acids is 1. The van der Waals surface area contributed by atoms with Gasteiger partial charge in [0.25, 0.3) is 0 Å². The second-order valence-corrected chi connectivity index (χ2v) is 4.75.